The number of nitrogens with two attached hydrogens (primary N) is 1. The van der Waals surface area contributed by atoms with Crippen LogP contribution in [0.2, 0.25) is 0 Å². The van der Waals surface area contributed by atoms with E-state index in [2.05, 4.69) is 10.6 Å². The number of anilines is 1. The van der Waals surface area contributed by atoms with E-state index in [0.29, 0.717) is 11.3 Å². The lowest BCUT2D eigenvalue weighted by molar-refractivity contribution is -0.136. The zero-order chi connectivity index (χ0) is 14.5. The fourth-order valence-corrected chi connectivity index (χ4v) is 2.23. The third kappa shape index (κ3) is 3.57. The highest BCUT2D eigenvalue weighted by atomic mass is 16.2. The molecule has 0 unspecified atom stereocenters. The predicted octanol–water partition coefficient (Wildman–Crippen LogP) is 0.783. The van der Waals surface area contributed by atoms with Crippen LogP contribution in [0.3, 0.4) is 0 Å². The molecular weight excluding hydrogens is 258 g/mol. The lowest BCUT2D eigenvalue weighted by Crippen LogP contribution is -2.40. The maximum atomic E-state index is 11.7. The SMILES string of the molecule is NC(=O)c1ccc(NC(=O)C(=O)NC2CCCC2)cc1. The Morgan fingerprint density at radius 1 is 1.00 bits per heavy atom. The minimum Gasteiger partial charge on any atom is -0.366 e. The monoisotopic (exact) mass is 275 g/mol. The van der Waals surface area contributed by atoms with Gasteiger partial charge in [0, 0.05) is 17.3 Å². The molecule has 0 radical (unpaired) electrons. The fraction of sp³-hybridized carbons (Fsp3) is 0.357. The van der Waals surface area contributed by atoms with Crippen LogP contribution in [-0.4, -0.2) is 23.8 Å². The van der Waals surface area contributed by atoms with Gasteiger partial charge in [0.1, 0.15) is 0 Å². The summed E-state index contributed by atoms with van der Waals surface area (Å²) in [5, 5.41) is 5.18. The van der Waals surface area contributed by atoms with Crippen molar-refractivity contribution in [2.75, 3.05) is 5.32 Å². The normalized spacial score (nSPS) is 14.8. The van der Waals surface area contributed by atoms with Gasteiger partial charge < -0.3 is 16.4 Å². The Kier molecular flexibility index (Phi) is 4.34. The number of hydrogen-bond donors (Lipinski definition) is 3. The number of rotatable bonds is 3. The molecule has 3 amide bonds. The number of carbonyl (C=O) groups excluding carboxylic acids is 3. The predicted molar refractivity (Wildman–Crippen MR) is 74.0 cm³/mol. The van der Waals surface area contributed by atoms with Crippen molar-refractivity contribution in [1.29, 1.82) is 0 Å². The van der Waals surface area contributed by atoms with Crippen molar-refractivity contribution in [1.82, 2.24) is 5.32 Å². The van der Waals surface area contributed by atoms with Crippen LogP contribution in [0.25, 0.3) is 0 Å². The van der Waals surface area contributed by atoms with Crippen LogP contribution < -0.4 is 16.4 Å². The molecule has 0 atom stereocenters. The van der Waals surface area contributed by atoms with Gasteiger partial charge in [-0.25, -0.2) is 0 Å². The Bertz CT molecular complexity index is 519. The molecule has 1 aromatic carbocycles. The van der Waals surface area contributed by atoms with Gasteiger partial charge in [0.2, 0.25) is 5.91 Å². The summed E-state index contributed by atoms with van der Waals surface area (Å²) in [6.45, 7) is 0. The van der Waals surface area contributed by atoms with E-state index in [-0.39, 0.29) is 6.04 Å². The van der Waals surface area contributed by atoms with Crippen LogP contribution in [-0.2, 0) is 9.59 Å². The summed E-state index contributed by atoms with van der Waals surface area (Å²) in [5.74, 6) is -1.87. The minimum atomic E-state index is -0.705. The Morgan fingerprint density at radius 3 is 2.15 bits per heavy atom. The van der Waals surface area contributed by atoms with Crippen molar-refractivity contribution in [3.05, 3.63) is 29.8 Å². The van der Waals surface area contributed by atoms with Gasteiger partial charge in [0.15, 0.2) is 0 Å². The highest BCUT2D eigenvalue weighted by molar-refractivity contribution is 6.39. The van der Waals surface area contributed by atoms with Crippen LogP contribution in [0.4, 0.5) is 5.69 Å². The number of carbonyl (C=O) groups is 3. The first-order valence-corrected chi connectivity index (χ1v) is 6.58. The molecule has 1 saturated carbocycles. The molecule has 1 aliphatic carbocycles. The van der Waals surface area contributed by atoms with Crippen LogP contribution >= 0.6 is 0 Å². The lowest BCUT2D eigenvalue weighted by Gasteiger charge is -2.11. The Hall–Kier alpha value is -2.37. The van der Waals surface area contributed by atoms with Crippen LogP contribution in [0.1, 0.15) is 36.0 Å². The molecule has 0 spiro atoms. The number of primary amides is 1. The molecule has 6 nitrogen and oxygen atoms in total. The average Bonchev–Trinajstić information content (AvgIpc) is 2.92. The Morgan fingerprint density at radius 2 is 1.60 bits per heavy atom. The number of benzene rings is 1. The summed E-state index contributed by atoms with van der Waals surface area (Å²) in [6.07, 6.45) is 4.01. The molecular formula is C14H17N3O3. The number of hydrogen-bond acceptors (Lipinski definition) is 3. The van der Waals surface area contributed by atoms with Gasteiger partial charge in [-0.15, -0.1) is 0 Å². The Balaban J connectivity index is 1.89. The molecule has 0 heterocycles. The van der Waals surface area contributed by atoms with Crippen LogP contribution in [0.15, 0.2) is 24.3 Å². The summed E-state index contributed by atoms with van der Waals surface area (Å²) >= 11 is 0. The van der Waals surface area contributed by atoms with E-state index < -0.39 is 17.7 Å². The second-order valence-corrected chi connectivity index (χ2v) is 4.85. The van der Waals surface area contributed by atoms with E-state index >= 15 is 0 Å². The highest BCUT2D eigenvalue weighted by Gasteiger charge is 2.21. The fourth-order valence-electron chi connectivity index (χ4n) is 2.23. The van der Waals surface area contributed by atoms with E-state index in [1.807, 2.05) is 0 Å². The lowest BCUT2D eigenvalue weighted by atomic mass is 10.2. The van der Waals surface area contributed by atoms with E-state index in [9.17, 15) is 14.4 Å². The highest BCUT2D eigenvalue weighted by Crippen LogP contribution is 2.17. The van der Waals surface area contributed by atoms with Gasteiger partial charge >= 0.3 is 11.8 Å². The maximum Gasteiger partial charge on any atom is 0.313 e. The number of amides is 3. The van der Waals surface area contributed by atoms with Crippen LogP contribution in [0, 0.1) is 0 Å². The smallest absolute Gasteiger partial charge is 0.313 e. The third-order valence-corrected chi connectivity index (χ3v) is 3.32. The van der Waals surface area contributed by atoms with E-state index in [4.69, 9.17) is 5.73 Å². The van der Waals surface area contributed by atoms with Gasteiger partial charge in [0.25, 0.3) is 0 Å². The summed E-state index contributed by atoms with van der Waals surface area (Å²) in [4.78, 5) is 34.3. The molecule has 1 fully saturated rings. The second-order valence-electron chi connectivity index (χ2n) is 4.85. The molecule has 0 saturated heterocycles. The Labute approximate surface area is 116 Å². The van der Waals surface area contributed by atoms with Gasteiger partial charge in [-0.05, 0) is 37.1 Å². The van der Waals surface area contributed by atoms with E-state index in [1.54, 1.807) is 0 Å². The number of nitrogens with one attached hydrogen (secondary N) is 2. The molecule has 20 heavy (non-hydrogen) atoms. The molecule has 0 bridgehead atoms. The zero-order valence-electron chi connectivity index (χ0n) is 11.0. The standard InChI is InChI=1S/C14H17N3O3/c15-12(18)9-5-7-11(8-6-9)17-14(20)13(19)16-10-3-1-2-4-10/h5-8,10H,1-4H2,(H2,15,18)(H,16,19)(H,17,20). The molecule has 6 heteroatoms. The summed E-state index contributed by atoms with van der Waals surface area (Å²) in [6, 6.07) is 6.15. The molecule has 106 valence electrons. The van der Waals surface area contributed by atoms with Crippen LogP contribution in [0.5, 0.6) is 0 Å². The van der Waals surface area contributed by atoms with Crippen molar-refractivity contribution >= 4 is 23.4 Å². The molecule has 0 aromatic heterocycles. The van der Waals surface area contributed by atoms with Crippen molar-refractivity contribution in [3.63, 3.8) is 0 Å². The molecule has 2 rings (SSSR count). The largest absolute Gasteiger partial charge is 0.366 e. The van der Waals surface area contributed by atoms with Crippen molar-refractivity contribution in [3.8, 4) is 0 Å². The van der Waals surface area contributed by atoms with Crippen molar-refractivity contribution in [2.24, 2.45) is 5.73 Å². The van der Waals surface area contributed by atoms with Gasteiger partial charge in [-0.3, -0.25) is 14.4 Å². The van der Waals surface area contributed by atoms with Gasteiger partial charge in [-0.1, -0.05) is 12.8 Å². The summed E-state index contributed by atoms with van der Waals surface area (Å²) in [5.41, 5.74) is 5.91. The first-order chi connectivity index (χ1) is 9.56. The first-order valence-electron chi connectivity index (χ1n) is 6.58. The summed E-state index contributed by atoms with van der Waals surface area (Å²) < 4.78 is 0. The quantitative estimate of drug-likeness (QED) is 0.710. The second kappa shape index (κ2) is 6.18. The third-order valence-electron chi connectivity index (χ3n) is 3.32. The topological polar surface area (TPSA) is 101 Å². The van der Waals surface area contributed by atoms with Crippen molar-refractivity contribution < 1.29 is 14.4 Å². The minimum absolute atomic E-state index is 0.102. The van der Waals surface area contributed by atoms with E-state index in [0.717, 1.165) is 25.7 Å². The average molecular weight is 275 g/mol. The molecule has 0 aliphatic heterocycles. The van der Waals surface area contributed by atoms with Crippen molar-refractivity contribution in [2.45, 2.75) is 31.7 Å². The van der Waals surface area contributed by atoms with E-state index in [1.165, 1.54) is 24.3 Å². The first kappa shape index (κ1) is 14.0. The molecule has 1 aliphatic rings. The summed E-state index contributed by atoms with van der Waals surface area (Å²) in [7, 11) is 0. The maximum absolute atomic E-state index is 11.7. The van der Waals surface area contributed by atoms with Gasteiger partial charge in [-0.2, -0.15) is 0 Å². The molecule has 4 N–H and O–H groups in total. The van der Waals surface area contributed by atoms with Gasteiger partial charge in [0.05, 0.1) is 0 Å². The molecule has 1 aromatic rings. The zero-order valence-corrected chi connectivity index (χ0v) is 11.0.